The van der Waals surface area contributed by atoms with E-state index in [0.717, 1.165) is 4.90 Å². The minimum atomic E-state index is -3.98. The van der Waals surface area contributed by atoms with Crippen molar-refractivity contribution >= 4 is 45.0 Å². The molecule has 1 N–H and O–H groups in total. The lowest BCUT2D eigenvalue weighted by Crippen LogP contribution is -2.31. The van der Waals surface area contributed by atoms with Crippen LogP contribution in [0.2, 0.25) is 0 Å². The predicted molar refractivity (Wildman–Crippen MR) is 135 cm³/mol. The van der Waals surface area contributed by atoms with Gasteiger partial charge in [0.1, 0.15) is 0 Å². The maximum atomic E-state index is 13.3. The van der Waals surface area contributed by atoms with Crippen LogP contribution in [0, 0.1) is 0 Å². The first-order valence-corrected chi connectivity index (χ1v) is 12.9. The number of benzene rings is 3. The van der Waals surface area contributed by atoms with Gasteiger partial charge in [-0.3, -0.25) is 9.10 Å². The van der Waals surface area contributed by atoms with E-state index in [0.29, 0.717) is 11.4 Å². The average Bonchev–Trinajstić information content (AvgIpc) is 2.86. The number of para-hydroxylation sites is 2. The highest BCUT2D eigenvalue weighted by Gasteiger charge is 2.25. The summed E-state index contributed by atoms with van der Waals surface area (Å²) in [6, 6.07) is 21.4. The largest absolute Gasteiger partial charge is 0.452 e. The van der Waals surface area contributed by atoms with Crippen LogP contribution < -0.4 is 9.62 Å². The van der Waals surface area contributed by atoms with Crippen molar-refractivity contribution in [3.05, 3.63) is 97.1 Å². The van der Waals surface area contributed by atoms with E-state index in [1.54, 1.807) is 42.5 Å². The van der Waals surface area contributed by atoms with Gasteiger partial charge in [-0.25, -0.2) is 13.2 Å². The molecule has 0 aliphatic rings. The Balaban J connectivity index is 1.73. The molecule has 7 nitrogen and oxygen atoms in total. The fourth-order valence-corrected chi connectivity index (χ4v) is 5.15. The number of thioether (sulfide) groups is 1. The van der Waals surface area contributed by atoms with Crippen LogP contribution in [0.3, 0.4) is 0 Å². The molecule has 176 valence electrons. The number of rotatable bonds is 10. The van der Waals surface area contributed by atoms with Crippen LogP contribution >= 0.6 is 11.8 Å². The van der Waals surface area contributed by atoms with Crippen molar-refractivity contribution in [2.24, 2.45) is 0 Å². The summed E-state index contributed by atoms with van der Waals surface area (Å²) in [7, 11) is -3.98. The first kappa shape index (κ1) is 25.1. The Morgan fingerprint density at radius 2 is 1.74 bits per heavy atom. The molecule has 0 aromatic heterocycles. The second-order valence-corrected chi connectivity index (χ2v) is 9.72. The SMILES string of the molecule is C=CCN(c1ccccc1)S(=O)(=O)c1cccc(C(=O)OCC(=O)Nc2ccccc2SC)c1. The van der Waals surface area contributed by atoms with Gasteiger partial charge in [-0.1, -0.05) is 42.5 Å². The monoisotopic (exact) mass is 496 g/mol. The summed E-state index contributed by atoms with van der Waals surface area (Å²) in [5.41, 5.74) is 1.11. The lowest BCUT2D eigenvalue weighted by atomic mass is 10.2. The van der Waals surface area contributed by atoms with E-state index in [1.807, 2.05) is 18.4 Å². The lowest BCUT2D eigenvalue weighted by molar-refractivity contribution is -0.119. The summed E-state index contributed by atoms with van der Waals surface area (Å²) in [6.45, 7) is 3.19. The Kier molecular flexibility index (Phi) is 8.50. The first-order valence-electron chi connectivity index (χ1n) is 10.3. The number of hydrogen-bond acceptors (Lipinski definition) is 6. The van der Waals surface area contributed by atoms with Gasteiger partial charge in [0.25, 0.3) is 15.9 Å². The smallest absolute Gasteiger partial charge is 0.338 e. The van der Waals surface area contributed by atoms with Crippen molar-refractivity contribution in [3.8, 4) is 0 Å². The highest BCUT2D eigenvalue weighted by atomic mass is 32.2. The molecular formula is C25H24N2O5S2. The van der Waals surface area contributed by atoms with Crippen LogP contribution in [0.1, 0.15) is 10.4 Å². The van der Waals surface area contributed by atoms with Gasteiger partial charge in [-0.2, -0.15) is 0 Å². The third kappa shape index (κ3) is 6.06. The number of ether oxygens (including phenoxy) is 1. The second kappa shape index (κ2) is 11.5. The summed E-state index contributed by atoms with van der Waals surface area (Å²) < 4.78 is 32.9. The summed E-state index contributed by atoms with van der Waals surface area (Å²) in [4.78, 5) is 25.6. The van der Waals surface area contributed by atoms with E-state index in [-0.39, 0.29) is 17.0 Å². The van der Waals surface area contributed by atoms with E-state index in [9.17, 15) is 18.0 Å². The van der Waals surface area contributed by atoms with Crippen molar-refractivity contribution in [3.63, 3.8) is 0 Å². The lowest BCUT2D eigenvalue weighted by Gasteiger charge is -2.23. The number of anilines is 2. The standard InChI is InChI=1S/C25H24N2O5S2/c1-3-16-27(20-11-5-4-6-12-20)34(30,31)21-13-9-10-19(17-21)25(29)32-18-24(28)26-22-14-7-8-15-23(22)33-2/h3-15,17H,1,16,18H2,2H3,(H,26,28). The van der Waals surface area contributed by atoms with Crippen LogP contribution in [-0.2, 0) is 19.6 Å². The van der Waals surface area contributed by atoms with Crippen molar-refractivity contribution < 1.29 is 22.7 Å². The van der Waals surface area contributed by atoms with Crippen molar-refractivity contribution in [2.45, 2.75) is 9.79 Å². The molecule has 0 bridgehead atoms. The molecule has 0 aliphatic heterocycles. The number of esters is 1. The molecule has 0 unspecified atom stereocenters. The molecule has 0 heterocycles. The molecule has 3 rings (SSSR count). The van der Waals surface area contributed by atoms with Crippen LogP contribution in [0.25, 0.3) is 0 Å². The maximum absolute atomic E-state index is 13.3. The molecule has 9 heteroatoms. The molecule has 3 aromatic rings. The minimum Gasteiger partial charge on any atom is -0.452 e. The number of carbonyl (C=O) groups excluding carboxylic acids is 2. The molecule has 0 fully saturated rings. The second-order valence-electron chi connectivity index (χ2n) is 7.01. The fraction of sp³-hybridized carbons (Fsp3) is 0.120. The number of sulfonamides is 1. The zero-order chi connectivity index (χ0) is 24.6. The van der Waals surface area contributed by atoms with Gasteiger partial charge in [0.05, 0.1) is 28.4 Å². The van der Waals surface area contributed by atoms with Crippen LogP contribution in [-0.4, -0.2) is 39.7 Å². The zero-order valence-electron chi connectivity index (χ0n) is 18.5. The Morgan fingerprint density at radius 1 is 1.03 bits per heavy atom. The molecular weight excluding hydrogens is 472 g/mol. The molecule has 0 atom stereocenters. The molecule has 0 saturated heterocycles. The van der Waals surface area contributed by atoms with Crippen molar-refractivity contribution in [1.29, 1.82) is 0 Å². The molecule has 3 aromatic carbocycles. The fourth-order valence-electron chi connectivity index (χ4n) is 3.11. The zero-order valence-corrected chi connectivity index (χ0v) is 20.1. The Bertz CT molecular complexity index is 1280. The number of hydrogen-bond donors (Lipinski definition) is 1. The van der Waals surface area contributed by atoms with Crippen molar-refractivity contribution in [1.82, 2.24) is 0 Å². The first-order chi connectivity index (χ1) is 16.4. The third-order valence-corrected chi connectivity index (χ3v) is 7.30. The van der Waals surface area contributed by atoms with Gasteiger partial charge in [-0.05, 0) is 48.7 Å². The normalized spacial score (nSPS) is 10.9. The highest BCUT2D eigenvalue weighted by Crippen LogP contribution is 2.25. The molecule has 34 heavy (non-hydrogen) atoms. The van der Waals surface area contributed by atoms with E-state index < -0.39 is 28.5 Å². The molecule has 0 saturated carbocycles. The third-order valence-electron chi connectivity index (χ3n) is 4.71. The van der Waals surface area contributed by atoms with Crippen LogP contribution in [0.15, 0.2) is 101 Å². The van der Waals surface area contributed by atoms with Gasteiger partial charge in [-0.15, -0.1) is 18.3 Å². The van der Waals surface area contributed by atoms with Gasteiger partial charge in [0.15, 0.2) is 6.61 Å². The minimum absolute atomic E-state index is 0.0185. The van der Waals surface area contributed by atoms with Gasteiger partial charge >= 0.3 is 5.97 Å². The van der Waals surface area contributed by atoms with E-state index in [4.69, 9.17) is 4.74 Å². The Morgan fingerprint density at radius 3 is 2.44 bits per heavy atom. The van der Waals surface area contributed by atoms with Crippen LogP contribution in [0.4, 0.5) is 11.4 Å². The summed E-state index contributed by atoms with van der Waals surface area (Å²) in [5.74, 6) is -1.31. The van der Waals surface area contributed by atoms with Crippen molar-refractivity contribution in [2.75, 3.05) is 29.0 Å². The van der Waals surface area contributed by atoms with E-state index in [1.165, 1.54) is 46.4 Å². The molecule has 0 aliphatic carbocycles. The average molecular weight is 497 g/mol. The number of nitrogens with zero attached hydrogens (tertiary/aromatic N) is 1. The number of carbonyl (C=O) groups is 2. The molecule has 0 spiro atoms. The van der Waals surface area contributed by atoms with Gasteiger partial charge in [0, 0.05) is 4.90 Å². The molecule has 1 amide bonds. The predicted octanol–water partition coefficient (Wildman–Crippen LogP) is 4.59. The van der Waals surface area contributed by atoms with E-state index >= 15 is 0 Å². The Hall–Kier alpha value is -3.56. The summed E-state index contributed by atoms with van der Waals surface area (Å²) >= 11 is 1.48. The quantitative estimate of drug-likeness (QED) is 0.251. The highest BCUT2D eigenvalue weighted by molar-refractivity contribution is 7.98. The maximum Gasteiger partial charge on any atom is 0.338 e. The summed E-state index contributed by atoms with van der Waals surface area (Å²) in [5, 5.41) is 2.70. The molecule has 0 radical (unpaired) electrons. The van der Waals surface area contributed by atoms with E-state index in [2.05, 4.69) is 11.9 Å². The van der Waals surface area contributed by atoms with Gasteiger partial charge < -0.3 is 10.1 Å². The van der Waals surface area contributed by atoms with Gasteiger partial charge in [0.2, 0.25) is 0 Å². The number of nitrogens with one attached hydrogen (secondary N) is 1. The number of amides is 1. The topological polar surface area (TPSA) is 92.8 Å². The Labute approximate surface area is 203 Å². The van der Waals surface area contributed by atoms with Crippen LogP contribution in [0.5, 0.6) is 0 Å². The summed E-state index contributed by atoms with van der Waals surface area (Å²) in [6.07, 6.45) is 3.37.